The van der Waals surface area contributed by atoms with Crippen LogP contribution in [-0.4, -0.2) is 43.7 Å². The van der Waals surface area contributed by atoms with Crippen LogP contribution in [0, 0.1) is 0 Å². The van der Waals surface area contributed by atoms with Crippen molar-refractivity contribution in [3.05, 3.63) is 0 Å². The number of amides is 2. The topological polar surface area (TPSA) is 93.5 Å². The first kappa shape index (κ1) is 17.9. The SMILES string of the molecule is CCCNC(=O)C1(NC(=O)CC(CN)OC)CCCCC1. The molecule has 0 saturated heterocycles. The van der Waals surface area contributed by atoms with Gasteiger partial charge in [0.25, 0.3) is 0 Å². The largest absolute Gasteiger partial charge is 0.380 e. The summed E-state index contributed by atoms with van der Waals surface area (Å²) >= 11 is 0. The first-order valence-corrected chi connectivity index (χ1v) is 7.90. The molecule has 4 N–H and O–H groups in total. The van der Waals surface area contributed by atoms with Crippen molar-refractivity contribution in [3.8, 4) is 0 Å². The zero-order valence-corrected chi connectivity index (χ0v) is 13.2. The Morgan fingerprint density at radius 2 is 1.95 bits per heavy atom. The van der Waals surface area contributed by atoms with Gasteiger partial charge in [0.05, 0.1) is 12.5 Å². The van der Waals surface area contributed by atoms with Crippen molar-refractivity contribution >= 4 is 11.8 Å². The lowest BCUT2D eigenvalue weighted by atomic mass is 9.80. The Morgan fingerprint density at radius 3 is 2.48 bits per heavy atom. The molecular formula is C15H29N3O3. The molecule has 1 aliphatic carbocycles. The van der Waals surface area contributed by atoms with Crippen LogP contribution in [0.25, 0.3) is 0 Å². The Kier molecular flexibility index (Phi) is 7.67. The Hall–Kier alpha value is -1.14. The smallest absolute Gasteiger partial charge is 0.245 e. The maximum atomic E-state index is 12.5. The minimum absolute atomic E-state index is 0.0564. The van der Waals surface area contributed by atoms with E-state index in [0.717, 1.165) is 25.7 Å². The summed E-state index contributed by atoms with van der Waals surface area (Å²) in [5.74, 6) is -0.222. The molecule has 0 aromatic carbocycles. The quantitative estimate of drug-likeness (QED) is 0.615. The molecule has 6 heteroatoms. The minimum Gasteiger partial charge on any atom is -0.380 e. The first-order valence-electron chi connectivity index (χ1n) is 7.90. The van der Waals surface area contributed by atoms with Crippen LogP contribution in [0.1, 0.15) is 51.9 Å². The van der Waals surface area contributed by atoms with Gasteiger partial charge in [-0.3, -0.25) is 9.59 Å². The van der Waals surface area contributed by atoms with E-state index < -0.39 is 5.54 Å². The highest BCUT2D eigenvalue weighted by Crippen LogP contribution is 2.28. The van der Waals surface area contributed by atoms with Crippen LogP contribution in [0.2, 0.25) is 0 Å². The minimum atomic E-state index is -0.753. The summed E-state index contributed by atoms with van der Waals surface area (Å²) in [6.45, 7) is 2.94. The molecule has 6 nitrogen and oxygen atoms in total. The van der Waals surface area contributed by atoms with Gasteiger partial charge in [0.2, 0.25) is 11.8 Å². The predicted octanol–water partition coefficient (Wildman–Crippen LogP) is 0.696. The zero-order valence-electron chi connectivity index (χ0n) is 13.2. The molecule has 1 unspecified atom stereocenters. The van der Waals surface area contributed by atoms with Crippen molar-refractivity contribution in [3.63, 3.8) is 0 Å². The summed E-state index contributed by atoms with van der Waals surface area (Å²) in [6.07, 6.45) is 5.22. The monoisotopic (exact) mass is 299 g/mol. The lowest BCUT2D eigenvalue weighted by Crippen LogP contribution is -2.60. The molecule has 2 amide bonds. The highest BCUT2D eigenvalue weighted by atomic mass is 16.5. The van der Waals surface area contributed by atoms with Gasteiger partial charge in [-0.1, -0.05) is 26.2 Å². The number of carbonyl (C=O) groups is 2. The van der Waals surface area contributed by atoms with E-state index in [2.05, 4.69) is 10.6 Å². The number of carbonyl (C=O) groups excluding carboxylic acids is 2. The molecule has 21 heavy (non-hydrogen) atoms. The number of rotatable bonds is 8. The van der Waals surface area contributed by atoms with Crippen LogP contribution < -0.4 is 16.4 Å². The van der Waals surface area contributed by atoms with Gasteiger partial charge >= 0.3 is 0 Å². The Balaban J connectivity index is 2.68. The van der Waals surface area contributed by atoms with Crippen molar-refractivity contribution in [2.75, 3.05) is 20.2 Å². The summed E-state index contributed by atoms with van der Waals surface area (Å²) < 4.78 is 5.13. The van der Waals surface area contributed by atoms with Crippen molar-refractivity contribution < 1.29 is 14.3 Å². The van der Waals surface area contributed by atoms with Gasteiger partial charge in [-0.15, -0.1) is 0 Å². The van der Waals surface area contributed by atoms with E-state index >= 15 is 0 Å². The van der Waals surface area contributed by atoms with Gasteiger partial charge in [-0.05, 0) is 19.3 Å². The van der Waals surface area contributed by atoms with E-state index in [-0.39, 0.29) is 24.3 Å². The van der Waals surface area contributed by atoms with E-state index in [1.807, 2.05) is 6.92 Å². The lowest BCUT2D eigenvalue weighted by molar-refractivity contribution is -0.136. The van der Waals surface area contributed by atoms with Crippen LogP contribution in [0.5, 0.6) is 0 Å². The van der Waals surface area contributed by atoms with Gasteiger partial charge in [-0.25, -0.2) is 0 Å². The molecule has 0 radical (unpaired) electrons. The predicted molar refractivity (Wildman–Crippen MR) is 81.7 cm³/mol. The summed E-state index contributed by atoms with van der Waals surface area (Å²) in [6, 6.07) is 0. The molecule has 0 aliphatic heterocycles. The summed E-state index contributed by atoms with van der Waals surface area (Å²) in [7, 11) is 1.54. The van der Waals surface area contributed by atoms with E-state index in [1.54, 1.807) is 0 Å². The molecule has 1 fully saturated rings. The number of hydrogen-bond donors (Lipinski definition) is 3. The molecule has 0 aromatic heterocycles. The van der Waals surface area contributed by atoms with Crippen molar-refractivity contribution in [1.82, 2.24) is 10.6 Å². The Bertz CT molecular complexity index is 337. The highest BCUT2D eigenvalue weighted by molar-refractivity contribution is 5.91. The maximum Gasteiger partial charge on any atom is 0.245 e. The van der Waals surface area contributed by atoms with Gasteiger partial charge in [0.1, 0.15) is 5.54 Å². The van der Waals surface area contributed by atoms with Gasteiger partial charge in [0, 0.05) is 20.2 Å². The number of hydrogen-bond acceptors (Lipinski definition) is 4. The fourth-order valence-electron chi connectivity index (χ4n) is 2.76. The normalized spacial score (nSPS) is 18.8. The average Bonchev–Trinajstić information content (AvgIpc) is 2.51. The summed E-state index contributed by atoms with van der Waals surface area (Å²) in [4.78, 5) is 24.7. The Morgan fingerprint density at radius 1 is 1.29 bits per heavy atom. The summed E-state index contributed by atoms with van der Waals surface area (Å²) in [5, 5.41) is 5.87. The molecule has 0 spiro atoms. The van der Waals surface area contributed by atoms with E-state index in [0.29, 0.717) is 25.9 Å². The van der Waals surface area contributed by atoms with Gasteiger partial charge < -0.3 is 21.1 Å². The van der Waals surface area contributed by atoms with Crippen molar-refractivity contribution in [1.29, 1.82) is 0 Å². The number of methoxy groups -OCH3 is 1. The molecule has 1 saturated carbocycles. The van der Waals surface area contributed by atoms with E-state index in [9.17, 15) is 9.59 Å². The van der Waals surface area contributed by atoms with Gasteiger partial charge in [0.15, 0.2) is 0 Å². The fourth-order valence-corrected chi connectivity index (χ4v) is 2.76. The molecule has 0 aromatic rings. The third-order valence-electron chi connectivity index (χ3n) is 4.07. The van der Waals surface area contributed by atoms with Crippen LogP contribution in [0.3, 0.4) is 0 Å². The maximum absolute atomic E-state index is 12.5. The average molecular weight is 299 g/mol. The molecule has 0 heterocycles. The highest BCUT2D eigenvalue weighted by Gasteiger charge is 2.40. The number of nitrogens with one attached hydrogen (secondary N) is 2. The van der Waals surface area contributed by atoms with Crippen LogP contribution in [-0.2, 0) is 14.3 Å². The van der Waals surface area contributed by atoms with E-state index in [1.165, 1.54) is 7.11 Å². The van der Waals surface area contributed by atoms with Crippen LogP contribution >= 0.6 is 0 Å². The molecule has 122 valence electrons. The molecule has 1 rings (SSSR count). The Labute approximate surface area is 127 Å². The zero-order chi connectivity index (χ0) is 15.7. The molecule has 1 atom stereocenters. The molecule has 1 aliphatic rings. The van der Waals surface area contributed by atoms with Crippen molar-refractivity contribution in [2.45, 2.75) is 63.5 Å². The van der Waals surface area contributed by atoms with Crippen LogP contribution in [0.4, 0.5) is 0 Å². The molecular weight excluding hydrogens is 270 g/mol. The fraction of sp³-hybridized carbons (Fsp3) is 0.867. The second-order valence-electron chi connectivity index (χ2n) is 5.74. The standard InChI is InChI=1S/C15H29N3O3/c1-3-9-17-14(20)15(7-5-4-6-8-15)18-13(19)10-12(11-16)21-2/h12H,3-11,16H2,1-2H3,(H,17,20)(H,18,19). The van der Waals surface area contributed by atoms with Crippen molar-refractivity contribution in [2.24, 2.45) is 5.73 Å². The number of nitrogens with two attached hydrogens (primary N) is 1. The number of ether oxygens (including phenoxy) is 1. The summed E-state index contributed by atoms with van der Waals surface area (Å²) in [5.41, 5.74) is 4.79. The lowest BCUT2D eigenvalue weighted by Gasteiger charge is -2.37. The third kappa shape index (κ3) is 5.28. The van der Waals surface area contributed by atoms with E-state index in [4.69, 9.17) is 10.5 Å². The third-order valence-corrected chi connectivity index (χ3v) is 4.07. The second kappa shape index (κ2) is 9.00. The van der Waals surface area contributed by atoms with Gasteiger partial charge in [-0.2, -0.15) is 0 Å². The first-order chi connectivity index (χ1) is 10.1. The second-order valence-corrected chi connectivity index (χ2v) is 5.74. The molecule has 0 bridgehead atoms. The van der Waals surface area contributed by atoms with Crippen LogP contribution in [0.15, 0.2) is 0 Å².